The maximum Gasteiger partial charge on any atom is 0.339 e. The minimum absolute atomic E-state index is 0.0370. The van der Waals surface area contributed by atoms with E-state index in [4.69, 9.17) is 25.8 Å². The van der Waals surface area contributed by atoms with E-state index < -0.39 is 11.8 Å². The molecular weight excluding hydrogens is 391 g/mol. The summed E-state index contributed by atoms with van der Waals surface area (Å²) in [6, 6.07) is 7.23. The van der Waals surface area contributed by atoms with Crippen LogP contribution in [0.25, 0.3) is 0 Å². The fraction of sp³-hybridized carbons (Fsp3) is 0.188. The van der Waals surface area contributed by atoms with Gasteiger partial charge in [0.2, 0.25) is 0 Å². The number of halogens is 3. The molecule has 0 saturated carbocycles. The van der Waals surface area contributed by atoms with Crippen molar-refractivity contribution < 1.29 is 23.4 Å². The molecule has 0 amide bonds. The smallest absolute Gasteiger partial charge is 0.339 e. The molecule has 0 spiro atoms. The zero-order valence-corrected chi connectivity index (χ0v) is 14.1. The largest absolute Gasteiger partial charge is 0.467 e. The van der Waals surface area contributed by atoms with E-state index in [2.05, 4.69) is 15.9 Å². The fourth-order valence-electron chi connectivity index (χ4n) is 2.24. The Kier molecular flexibility index (Phi) is 4.84. The first-order valence-electron chi connectivity index (χ1n) is 6.68. The van der Waals surface area contributed by atoms with Crippen LogP contribution < -0.4 is 4.74 Å². The third kappa shape index (κ3) is 3.65. The molecule has 0 aromatic heterocycles. The summed E-state index contributed by atoms with van der Waals surface area (Å²) in [4.78, 5) is 12.1. The van der Waals surface area contributed by atoms with Crippen molar-refractivity contribution in [1.29, 1.82) is 0 Å². The molecule has 3 rings (SSSR count). The van der Waals surface area contributed by atoms with Gasteiger partial charge >= 0.3 is 5.97 Å². The Hall–Kier alpha value is -1.63. The molecule has 7 heteroatoms. The van der Waals surface area contributed by atoms with E-state index in [-0.39, 0.29) is 19.0 Å². The number of esters is 1. The van der Waals surface area contributed by atoms with Gasteiger partial charge in [0.05, 0.1) is 12.2 Å². The van der Waals surface area contributed by atoms with Crippen LogP contribution in [0, 0.1) is 5.82 Å². The Morgan fingerprint density at radius 2 is 2.17 bits per heavy atom. The second kappa shape index (κ2) is 6.86. The lowest BCUT2D eigenvalue weighted by Gasteiger charge is -2.21. The van der Waals surface area contributed by atoms with Gasteiger partial charge in [-0.3, -0.25) is 0 Å². The van der Waals surface area contributed by atoms with Crippen LogP contribution in [0.5, 0.6) is 5.75 Å². The summed E-state index contributed by atoms with van der Waals surface area (Å²) in [6.45, 7) is 0.474. The Bertz CT molecular complexity index is 766. The van der Waals surface area contributed by atoms with Gasteiger partial charge in [0, 0.05) is 20.6 Å². The van der Waals surface area contributed by atoms with Crippen LogP contribution in [0.3, 0.4) is 0 Å². The zero-order chi connectivity index (χ0) is 16.4. The number of carbonyl (C=O) groups is 1. The maximum atomic E-state index is 13.3. The van der Waals surface area contributed by atoms with Crippen molar-refractivity contribution in [3.63, 3.8) is 0 Å². The molecule has 120 valence electrons. The average Bonchev–Trinajstić information content (AvgIpc) is 2.54. The first-order valence-corrected chi connectivity index (χ1v) is 7.85. The molecule has 0 saturated heterocycles. The van der Waals surface area contributed by atoms with Gasteiger partial charge in [0.25, 0.3) is 0 Å². The fourth-order valence-corrected chi connectivity index (χ4v) is 2.91. The molecule has 0 radical (unpaired) electrons. The third-order valence-corrected chi connectivity index (χ3v) is 4.17. The molecular formula is C16H11BrClFO4. The summed E-state index contributed by atoms with van der Waals surface area (Å²) in [7, 11) is 0. The normalized spacial score (nSPS) is 13.2. The Morgan fingerprint density at radius 1 is 1.35 bits per heavy atom. The first kappa shape index (κ1) is 16.2. The number of hydrogen-bond acceptors (Lipinski definition) is 4. The molecule has 0 bridgehead atoms. The molecule has 0 unspecified atom stereocenters. The summed E-state index contributed by atoms with van der Waals surface area (Å²) in [6.07, 6.45) is 0. The summed E-state index contributed by atoms with van der Waals surface area (Å²) in [5.74, 6) is -0.551. The Morgan fingerprint density at radius 3 is 3.00 bits per heavy atom. The number of benzene rings is 2. The van der Waals surface area contributed by atoms with E-state index in [1.54, 1.807) is 12.1 Å². The van der Waals surface area contributed by atoms with Gasteiger partial charge in [-0.05, 0) is 46.3 Å². The quantitative estimate of drug-likeness (QED) is 0.712. The van der Waals surface area contributed by atoms with Gasteiger partial charge < -0.3 is 14.2 Å². The van der Waals surface area contributed by atoms with E-state index in [9.17, 15) is 9.18 Å². The van der Waals surface area contributed by atoms with E-state index in [1.165, 1.54) is 12.1 Å². The highest BCUT2D eigenvalue weighted by Gasteiger charge is 2.19. The number of ether oxygens (including phenoxy) is 3. The molecule has 4 nitrogen and oxygen atoms in total. The van der Waals surface area contributed by atoms with Crippen molar-refractivity contribution >= 4 is 33.5 Å². The summed E-state index contributed by atoms with van der Waals surface area (Å²) >= 11 is 9.25. The molecule has 0 aliphatic carbocycles. The summed E-state index contributed by atoms with van der Waals surface area (Å²) < 4.78 is 29.6. The Labute approximate surface area is 145 Å². The molecule has 0 N–H and O–H groups in total. The van der Waals surface area contributed by atoms with Gasteiger partial charge in [0.1, 0.15) is 18.2 Å². The molecule has 2 aromatic carbocycles. The number of carbonyl (C=O) groups excluding carboxylic acids is 1. The number of fused-ring (bicyclic) bond motifs is 1. The van der Waals surface area contributed by atoms with Crippen molar-refractivity contribution in [3.05, 3.63) is 62.3 Å². The van der Waals surface area contributed by atoms with Gasteiger partial charge in [-0.25, -0.2) is 9.18 Å². The van der Waals surface area contributed by atoms with Crippen LogP contribution in [-0.2, 0) is 22.7 Å². The van der Waals surface area contributed by atoms with Crippen LogP contribution in [0.2, 0.25) is 5.02 Å². The van der Waals surface area contributed by atoms with E-state index in [0.29, 0.717) is 27.4 Å². The minimum atomic E-state index is -0.642. The van der Waals surface area contributed by atoms with Gasteiger partial charge in [0.15, 0.2) is 6.79 Å². The van der Waals surface area contributed by atoms with Crippen molar-refractivity contribution in [1.82, 2.24) is 0 Å². The highest BCUT2D eigenvalue weighted by atomic mass is 79.9. The highest BCUT2D eigenvalue weighted by molar-refractivity contribution is 9.10. The van der Waals surface area contributed by atoms with Crippen LogP contribution in [-0.4, -0.2) is 12.8 Å². The molecule has 1 heterocycles. The van der Waals surface area contributed by atoms with Crippen molar-refractivity contribution in [2.24, 2.45) is 0 Å². The van der Waals surface area contributed by atoms with E-state index in [1.807, 2.05) is 0 Å². The molecule has 1 aliphatic heterocycles. The first-order chi connectivity index (χ1) is 11.0. The molecule has 0 atom stereocenters. The van der Waals surface area contributed by atoms with Crippen molar-refractivity contribution in [2.45, 2.75) is 13.2 Å². The molecule has 2 aromatic rings. The molecule has 0 fully saturated rings. The van der Waals surface area contributed by atoms with Crippen molar-refractivity contribution in [2.75, 3.05) is 6.79 Å². The van der Waals surface area contributed by atoms with Crippen molar-refractivity contribution in [3.8, 4) is 5.75 Å². The molecule has 1 aliphatic rings. The maximum absolute atomic E-state index is 13.3. The summed E-state index contributed by atoms with van der Waals surface area (Å²) in [5, 5.41) is 0.496. The lowest BCUT2D eigenvalue weighted by Crippen LogP contribution is -2.14. The van der Waals surface area contributed by atoms with Crippen LogP contribution >= 0.6 is 27.5 Å². The predicted molar refractivity (Wildman–Crippen MR) is 85.0 cm³/mol. The van der Waals surface area contributed by atoms with E-state index >= 15 is 0 Å². The van der Waals surface area contributed by atoms with Crippen LogP contribution in [0.15, 0.2) is 34.8 Å². The third-order valence-electron chi connectivity index (χ3n) is 3.26. The Balaban J connectivity index is 1.79. The lowest BCUT2D eigenvalue weighted by atomic mass is 10.1. The monoisotopic (exact) mass is 400 g/mol. The standard InChI is InChI=1S/C16H11BrClFO4/c17-14-2-1-12(19)5-13(14)16(20)22-7-10-4-11(18)3-9-6-21-8-23-15(9)10/h1-5H,6-8H2. The van der Waals surface area contributed by atoms with Gasteiger partial charge in [-0.15, -0.1) is 0 Å². The van der Waals surface area contributed by atoms with Crippen LogP contribution in [0.4, 0.5) is 4.39 Å². The number of hydrogen-bond donors (Lipinski definition) is 0. The highest BCUT2D eigenvalue weighted by Crippen LogP contribution is 2.32. The topological polar surface area (TPSA) is 44.8 Å². The second-order valence-electron chi connectivity index (χ2n) is 4.86. The second-order valence-corrected chi connectivity index (χ2v) is 6.15. The predicted octanol–water partition coefficient (Wildman–Crippen LogP) is 4.47. The summed E-state index contributed by atoms with van der Waals surface area (Å²) in [5.41, 5.74) is 1.54. The van der Waals surface area contributed by atoms with Gasteiger partial charge in [-0.2, -0.15) is 0 Å². The average molecular weight is 402 g/mol. The zero-order valence-electron chi connectivity index (χ0n) is 11.8. The molecule has 23 heavy (non-hydrogen) atoms. The van der Waals surface area contributed by atoms with Gasteiger partial charge in [-0.1, -0.05) is 11.6 Å². The lowest BCUT2D eigenvalue weighted by molar-refractivity contribution is -0.0180. The van der Waals surface area contributed by atoms with Crippen LogP contribution in [0.1, 0.15) is 21.5 Å². The number of rotatable bonds is 3. The SMILES string of the molecule is O=C(OCc1cc(Cl)cc2c1OCOC2)c1cc(F)ccc1Br. The van der Waals surface area contributed by atoms with E-state index in [0.717, 1.165) is 11.6 Å². The minimum Gasteiger partial charge on any atom is -0.467 e.